The molecule has 7 nitrogen and oxygen atoms in total. The molecule has 0 radical (unpaired) electrons. The second kappa shape index (κ2) is 10.7. The first-order valence-corrected chi connectivity index (χ1v) is 14.2. The number of amides is 1. The number of aliphatic hydroxyl groups excluding tert-OH is 1. The summed E-state index contributed by atoms with van der Waals surface area (Å²) in [6.45, 7) is 1.90. The second-order valence-corrected chi connectivity index (χ2v) is 11.0. The first-order chi connectivity index (χ1) is 18.1. The Labute approximate surface area is 220 Å². The minimum absolute atomic E-state index is 0.00959. The lowest BCUT2D eigenvalue weighted by molar-refractivity contribution is -0.121. The van der Waals surface area contributed by atoms with Gasteiger partial charge in [-0.2, -0.15) is 16.4 Å². The summed E-state index contributed by atoms with van der Waals surface area (Å²) >= 11 is 1.63. The van der Waals surface area contributed by atoms with E-state index in [4.69, 9.17) is 0 Å². The van der Waals surface area contributed by atoms with Gasteiger partial charge in [0.1, 0.15) is 6.04 Å². The number of carbonyl (C=O) groups is 1. The van der Waals surface area contributed by atoms with E-state index in [1.54, 1.807) is 11.3 Å². The average molecular weight is 516 g/mol. The van der Waals surface area contributed by atoms with E-state index in [2.05, 4.69) is 61.4 Å². The van der Waals surface area contributed by atoms with Crippen LogP contribution in [0.2, 0.25) is 0 Å². The maximum absolute atomic E-state index is 13.5. The predicted octanol–water partition coefficient (Wildman–Crippen LogP) is 5.78. The molecule has 1 aliphatic heterocycles. The van der Waals surface area contributed by atoms with Gasteiger partial charge in [-0.05, 0) is 104 Å². The lowest BCUT2D eigenvalue weighted by atomic mass is 9.93. The predicted molar refractivity (Wildman–Crippen MR) is 150 cm³/mol. The van der Waals surface area contributed by atoms with Gasteiger partial charge in [0.05, 0.1) is 17.3 Å². The van der Waals surface area contributed by atoms with Crippen molar-refractivity contribution in [2.45, 2.75) is 56.7 Å². The van der Waals surface area contributed by atoms with Crippen molar-refractivity contribution in [1.29, 1.82) is 0 Å². The molecule has 2 fully saturated rings. The van der Waals surface area contributed by atoms with Crippen molar-refractivity contribution in [2.75, 3.05) is 23.7 Å². The van der Waals surface area contributed by atoms with E-state index < -0.39 is 0 Å². The Kier molecular flexibility index (Phi) is 6.95. The molecule has 1 saturated carbocycles. The summed E-state index contributed by atoms with van der Waals surface area (Å²) in [4.78, 5) is 15.7. The fourth-order valence-corrected chi connectivity index (χ4v) is 6.34. The molecule has 0 bridgehead atoms. The summed E-state index contributed by atoms with van der Waals surface area (Å²) in [5, 5.41) is 29.3. The number of aliphatic hydroxyl groups is 1. The second-order valence-electron chi connectivity index (χ2n) is 10.3. The van der Waals surface area contributed by atoms with E-state index in [1.165, 1.54) is 0 Å². The SMILES string of the molecule is O=C(Nc1ccc2[nH]nc(-c3ccc(N[C@H]4CC[C@H](O)CC4)cc3)c2c1)C(c1ccsc1)N1CCCC1. The van der Waals surface area contributed by atoms with Crippen LogP contribution < -0.4 is 10.6 Å². The molecular weight excluding hydrogens is 482 g/mol. The zero-order valence-corrected chi connectivity index (χ0v) is 21.6. The normalized spacial score (nSPS) is 21.2. The third-order valence-electron chi connectivity index (χ3n) is 7.67. The van der Waals surface area contributed by atoms with Gasteiger partial charge in [0.25, 0.3) is 0 Å². The van der Waals surface area contributed by atoms with Gasteiger partial charge in [-0.1, -0.05) is 12.1 Å². The smallest absolute Gasteiger partial charge is 0.246 e. The summed E-state index contributed by atoms with van der Waals surface area (Å²) in [7, 11) is 0. The Bertz CT molecular complexity index is 1340. The molecule has 2 aromatic heterocycles. The Morgan fingerprint density at radius 1 is 1.03 bits per heavy atom. The highest BCUT2D eigenvalue weighted by Gasteiger charge is 2.30. The molecule has 1 amide bonds. The van der Waals surface area contributed by atoms with Crippen molar-refractivity contribution < 1.29 is 9.90 Å². The molecular formula is C29H33N5O2S. The number of benzene rings is 2. The van der Waals surface area contributed by atoms with E-state index in [1.807, 2.05) is 23.6 Å². The maximum atomic E-state index is 13.5. The zero-order valence-electron chi connectivity index (χ0n) is 20.8. The number of aromatic nitrogens is 2. The number of likely N-dealkylation sites (tertiary alicyclic amines) is 1. The number of H-pyrrole nitrogens is 1. The van der Waals surface area contributed by atoms with Crippen molar-refractivity contribution in [3.63, 3.8) is 0 Å². The fourth-order valence-electron chi connectivity index (χ4n) is 5.66. The van der Waals surface area contributed by atoms with E-state index in [0.29, 0.717) is 6.04 Å². The third kappa shape index (κ3) is 5.28. The van der Waals surface area contributed by atoms with Gasteiger partial charge in [-0.3, -0.25) is 14.8 Å². The Morgan fingerprint density at radius 3 is 2.51 bits per heavy atom. The monoisotopic (exact) mass is 515 g/mol. The molecule has 2 aromatic carbocycles. The topological polar surface area (TPSA) is 93.3 Å². The van der Waals surface area contributed by atoms with Crippen LogP contribution in [0.3, 0.4) is 0 Å². The first kappa shape index (κ1) is 24.2. The number of hydrogen-bond acceptors (Lipinski definition) is 6. The van der Waals surface area contributed by atoms with Gasteiger partial charge in [0, 0.05) is 28.4 Å². The molecule has 6 rings (SSSR count). The van der Waals surface area contributed by atoms with E-state index in [-0.39, 0.29) is 18.1 Å². The Balaban J connectivity index is 1.20. The molecule has 1 saturated heterocycles. The molecule has 1 aliphatic carbocycles. The van der Waals surface area contributed by atoms with Crippen LogP contribution >= 0.6 is 11.3 Å². The Morgan fingerprint density at radius 2 is 1.78 bits per heavy atom. The van der Waals surface area contributed by atoms with Crippen molar-refractivity contribution in [1.82, 2.24) is 15.1 Å². The van der Waals surface area contributed by atoms with E-state index in [9.17, 15) is 9.90 Å². The van der Waals surface area contributed by atoms with Crippen LogP contribution in [-0.2, 0) is 4.79 Å². The molecule has 2 aliphatic rings. The highest BCUT2D eigenvalue weighted by molar-refractivity contribution is 7.08. The van der Waals surface area contributed by atoms with Gasteiger partial charge >= 0.3 is 0 Å². The minimum Gasteiger partial charge on any atom is -0.393 e. The number of fused-ring (bicyclic) bond motifs is 1. The number of hydrogen-bond donors (Lipinski definition) is 4. The molecule has 192 valence electrons. The lowest BCUT2D eigenvalue weighted by Gasteiger charge is -2.27. The highest BCUT2D eigenvalue weighted by atomic mass is 32.1. The lowest BCUT2D eigenvalue weighted by Crippen LogP contribution is -2.35. The molecule has 37 heavy (non-hydrogen) atoms. The van der Waals surface area contributed by atoms with Crippen LogP contribution in [0.4, 0.5) is 11.4 Å². The van der Waals surface area contributed by atoms with Crippen LogP contribution in [-0.4, -0.2) is 51.3 Å². The van der Waals surface area contributed by atoms with Crippen LogP contribution in [0.25, 0.3) is 22.2 Å². The zero-order chi connectivity index (χ0) is 25.2. The first-order valence-electron chi connectivity index (χ1n) is 13.2. The van der Waals surface area contributed by atoms with Crippen molar-refractivity contribution in [3.8, 4) is 11.3 Å². The third-order valence-corrected chi connectivity index (χ3v) is 8.37. The summed E-state index contributed by atoms with van der Waals surface area (Å²) in [6, 6.07) is 16.5. The molecule has 0 spiro atoms. The van der Waals surface area contributed by atoms with Gasteiger partial charge < -0.3 is 15.7 Å². The number of thiophene rings is 1. The van der Waals surface area contributed by atoms with Crippen molar-refractivity contribution in [3.05, 3.63) is 64.9 Å². The van der Waals surface area contributed by atoms with Gasteiger partial charge in [-0.15, -0.1) is 0 Å². The molecule has 1 unspecified atom stereocenters. The highest BCUT2D eigenvalue weighted by Crippen LogP contribution is 2.32. The van der Waals surface area contributed by atoms with Crippen molar-refractivity contribution in [2.24, 2.45) is 0 Å². The van der Waals surface area contributed by atoms with E-state index in [0.717, 1.165) is 90.7 Å². The summed E-state index contributed by atoms with van der Waals surface area (Å²) in [6.07, 6.45) is 5.83. The Hall–Kier alpha value is -3.20. The summed E-state index contributed by atoms with van der Waals surface area (Å²) in [5.41, 5.74) is 5.74. The van der Waals surface area contributed by atoms with Crippen LogP contribution in [0.15, 0.2) is 59.3 Å². The molecule has 1 atom stereocenters. The number of nitrogens with zero attached hydrogens (tertiary/aromatic N) is 2. The summed E-state index contributed by atoms with van der Waals surface area (Å²) in [5.74, 6) is 0.00959. The number of carbonyl (C=O) groups excluding carboxylic acids is 1. The van der Waals surface area contributed by atoms with E-state index >= 15 is 0 Å². The van der Waals surface area contributed by atoms with Gasteiger partial charge in [0.2, 0.25) is 5.91 Å². The van der Waals surface area contributed by atoms with Crippen LogP contribution in [0, 0.1) is 0 Å². The molecule has 4 aromatic rings. The number of aromatic amines is 1. The maximum Gasteiger partial charge on any atom is 0.246 e. The fraction of sp³-hybridized carbons (Fsp3) is 0.379. The largest absolute Gasteiger partial charge is 0.393 e. The number of nitrogens with one attached hydrogen (secondary N) is 3. The molecule has 3 heterocycles. The van der Waals surface area contributed by atoms with Gasteiger partial charge in [-0.25, -0.2) is 0 Å². The molecule has 8 heteroatoms. The average Bonchev–Trinajstić information content (AvgIpc) is 3.69. The van der Waals surface area contributed by atoms with Crippen molar-refractivity contribution >= 4 is 39.5 Å². The van der Waals surface area contributed by atoms with Crippen LogP contribution in [0.5, 0.6) is 0 Å². The standard InChI is InChI=1S/C29H33N5O2S/c35-24-10-7-22(8-11-24)30-21-5-3-19(4-6-21)27-25-17-23(9-12-26(25)32-33-27)31-29(36)28(20-13-16-37-18-20)34-14-1-2-15-34/h3-6,9,12-13,16-18,22,24,28,30,35H,1-2,7-8,10-11,14-15H2,(H,31,36)(H,32,33)/t22-,24-,28?. The number of anilines is 2. The van der Waals surface area contributed by atoms with Gasteiger partial charge in [0.15, 0.2) is 0 Å². The minimum atomic E-state index is -0.263. The summed E-state index contributed by atoms with van der Waals surface area (Å²) < 4.78 is 0. The molecule has 4 N–H and O–H groups in total. The van der Waals surface area contributed by atoms with Crippen LogP contribution in [0.1, 0.15) is 50.1 Å². The number of rotatable bonds is 7. The quantitative estimate of drug-likeness (QED) is 0.250.